The molecule has 2 aromatic rings. The van der Waals surface area contributed by atoms with Crippen molar-refractivity contribution in [1.82, 2.24) is 5.32 Å². The summed E-state index contributed by atoms with van der Waals surface area (Å²) in [6.45, 7) is 0.238. The Bertz CT molecular complexity index is 691. The molecule has 21 heavy (non-hydrogen) atoms. The molecule has 0 saturated heterocycles. The Morgan fingerprint density at radius 3 is 2.38 bits per heavy atom. The second kappa shape index (κ2) is 6.05. The van der Waals surface area contributed by atoms with E-state index in [4.69, 9.17) is 4.74 Å². The number of hydrogen-bond acceptors (Lipinski definition) is 3. The summed E-state index contributed by atoms with van der Waals surface area (Å²) in [6, 6.07) is 19.0. The van der Waals surface area contributed by atoms with Gasteiger partial charge in [0.25, 0.3) is 5.91 Å². The van der Waals surface area contributed by atoms with Crippen molar-refractivity contribution in [2.75, 3.05) is 6.61 Å². The molecule has 0 bridgehead atoms. The Kier molecular flexibility index (Phi) is 3.78. The molecule has 0 saturated carbocycles. The minimum absolute atomic E-state index is 0.203. The molecule has 4 nitrogen and oxygen atoms in total. The van der Waals surface area contributed by atoms with E-state index in [-0.39, 0.29) is 12.5 Å². The van der Waals surface area contributed by atoms with E-state index >= 15 is 0 Å². The molecule has 3 rings (SSSR count). The molecular weight excluding hydrogens is 264 g/mol. The topological polar surface area (TPSA) is 50.7 Å². The van der Waals surface area contributed by atoms with E-state index in [0.717, 1.165) is 11.3 Å². The molecule has 0 aliphatic carbocycles. The van der Waals surface area contributed by atoms with Gasteiger partial charge < -0.3 is 10.1 Å². The van der Waals surface area contributed by atoms with E-state index in [1.54, 1.807) is 6.08 Å². The molecule has 0 atom stereocenters. The highest BCUT2D eigenvalue weighted by atomic mass is 16.5. The van der Waals surface area contributed by atoms with E-state index in [1.165, 1.54) is 0 Å². The first-order valence-electron chi connectivity index (χ1n) is 6.65. The summed E-state index contributed by atoms with van der Waals surface area (Å²) < 4.78 is 5.56. The highest BCUT2D eigenvalue weighted by molar-refractivity contribution is 6.14. The van der Waals surface area contributed by atoms with Crippen molar-refractivity contribution in [2.24, 2.45) is 4.99 Å². The van der Waals surface area contributed by atoms with Crippen LogP contribution in [0.15, 0.2) is 71.4 Å². The van der Waals surface area contributed by atoms with Crippen LogP contribution in [0.2, 0.25) is 0 Å². The number of ether oxygens (including phenoxy) is 1. The van der Waals surface area contributed by atoms with Gasteiger partial charge in [-0.3, -0.25) is 4.79 Å². The van der Waals surface area contributed by atoms with Crippen molar-refractivity contribution in [3.8, 4) is 5.75 Å². The molecule has 104 valence electrons. The third-order valence-electron chi connectivity index (χ3n) is 2.97. The Morgan fingerprint density at radius 1 is 1.00 bits per heavy atom. The predicted molar refractivity (Wildman–Crippen MR) is 81.9 cm³/mol. The van der Waals surface area contributed by atoms with Crippen molar-refractivity contribution in [3.63, 3.8) is 0 Å². The van der Waals surface area contributed by atoms with Crippen LogP contribution < -0.4 is 10.1 Å². The zero-order valence-electron chi connectivity index (χ0n) is 11.3. The number of benzene rings is 2. The van der Waals surface area contributed by atoms with Crippen LogP contribution in [-0.4, -0.2) is 18.3 Å². The normalized spacial score (nSPS) is 15.7. The van der Waals surface area contributed by atoms with E-state index in [1.807, 2.05) is 60.7 Å². The summed E-state index contributed by atoms with van der Waals surface area (Å²) in [5, 5.41) is 2.71. The number of para-hydroxylation sites is 1. The molecule has 1 aliphatic rings. The molecule has 0 radical (unpaired) electrons. The quantitative estimate of drug-likeness (QED) is 0.874. The second-order valence-electron chi connectivity index (χ2n) is 4.55. The number of amidine groups is 1. The molecule has 2 aromatic carbocycles. The van der Waals surface area contributed by atoms with Crippen molar-refractivity contribution >= 4 is 17.8 Å². The molecule has 0 spiro atoms. The van der Waals surface area contributed by atoms with Gasteiger partial charge in [0.1, 0.15) is 23.9 Å². The Labute approximate surface area is 122 Å². The molecule has 1 N–H and O–H groups in total. The van der Waals surface area contributed by atoms with Crippen molar-refractivity contribution in [1.29, 1.82) is 0 Å². The lowest BCUT2D eigenvalue weighted by Gasteiger charge is -2.04. The lowest BCUT2D eigenvalue weighted by Crippen LogP contribution is -2.28. The molecule has 1 amide bonds. The summed E-state index contributed by atoms with van der Waals surface area (Å²) in [6.07, 6.45) is 1.75. The van der Waals surface area contributed by atoms with Crippen LogP contribution in [0.1, 0.15) is 5.56 Å². The van der Waals surface area contributed by atoms with Gasteiger partial charge in [-0.1, -0.05) is 48.5 Å². The van der Waals surface area contributed by atoms with Gasteiger partial charge in [0.15, 0.2) is 0 Å². The molecule has 0 aromatic heterocycles. The van der Waals surface area contributed by atoms with Crippen LogP contribution in [0.5, 0.6) is 5.75 Å². The fourth-order valence-corrected chi connectivity index (χ4v) is 1.96. The van der Waals surface area contributed by atoms with Crippen molar-refractivity contribution in [3.05, 3.63) is 71.9 Å². The lowest BCUT2D eigenvalue weighted by atomic mass is 10.2. The number of hydrogen-bond donors (Lipinski definition) is 1. The van der Waals surface area contributed by atoms with Gasteiger partial charge in [-0.05, 0) is 23.8 Å². The predicted octanol–water partition coefficient (Wildman–Crippen LogP) is 2.63. The van der Waals surface area contributed by atoms with Crippen LogP contribution in [0.3, 0.4) is 0 Å². The third kappa shape index (κ3) is 3.36. The van der Waals surface area contributed by atoms with Crippen LogP contribution in [-0.2, 0) is 4.79 Å². The van der Waals surface area contributed by atoms with Crippen LogP contribution in [0.25, 0.3) is 6.08 Å². The Balaban J connectivity index is 1.69. The van der Waals surface area contributed by atoms with E-state index in [2.05, 4.69) is 10.3 Å². The summed E-state index contributed by atoms with van der Waals surface area (Å²) >= 11 is 0. The first kappa shape index (κ1) is 13.1. The zero-order valence-corrected chi connectivity index (χ0v) is 11.3. The second-order valence-corrected chi connectivity index (χ2v) is 4.55. The van der Waals surface area contributed by atoms with Crippen LogP contribution in [0, 0.1) is 0 Å². The van der Waals surface area contributed by atoms with Gasteiger partial charge in [0.05, 0.1) is 0 Å². The maximum absolute atomic E-state index is 11.9. The first-order chi connectivity index (χ1) is 10.3. The highest BCUT2D eigenvalue weighted by Crippen LogP contribution is 2.13. The average molecular weight is 278 g/mol. The van der Waals surface area contributed by atoms with E-state index in [9.17, 15) is 4.79 Å². The summed E-state index contributed by atoms with van der Waals surface area (Å²) in [4.78, 5) is 16.1. The highest BCUT2D eigenvalue weighted by Gasteiger charge is 2.20. The number of rotatable bonds is 4. The lowest BCUT2D eigenvalue weighted by molar-refractivity contribution is -0.115. The Hall–Kier alpha value is -2.88. The summed E-state index contributed by atoms with van der Waals surface area (Å²) in [7, 11) is 0. The van der Waals surface area contributed by atoms with Crippen molar-refractivity contribution in [2.45, 2.75) is 0 Å². The fourth-order valence-electron chi connectivity index (χ4n) is 1.96. The van der Waals surface area contributed by atoms with Gasteiger partial charge >= 0.3 is 0 Å². The van der Waals surface area contributed by atoms with Gasteiger partial charge in [0, 0.05) is 0 Å². The van der Waals surface area contributed by atoms with E-state index in [0.29, 0.717) is 11.5 Å². The van der Waals surface area contributed by atoms with E-state index < -0.39 is 0 Å². The van der Waals surface area contributed by atoms with Gasteiger partial charge in [0.2, 0.25) is 0 Å². The largest absolute Gasteiger partial charge is 0.486 e. The summed E-state index contributed by atoms with van der Waals surface area (Å²) in [5.74, 6) is 1.06. The average Bonchev–Trinajstić information content (AvgIpc) is 2.87. The first-order valence-corrected chi connectivity index (χ1v) is 6.65. The SMILES string of the molecule is O=C1NC(COc2ccccc2)=N/C1=C/c1ccccc1. The zero-order chi connectivity index (χ0) is 14.5. The number of nitrogens with one attached hydrogen (secondary N) is 1. The molecule has 1 aliphatic heterocycles. The molecular formula is C17H14N2O2. The van der Waals surface area contributed by atoms with Gasteiger partial charge in [-0.15, -0.1) is 0 Å². The van der Waals surface area contributed by atoms with Crippen LogP contribution >= 0.6 is 0 Å². The number of aliphatic imine (C=N–C) groups is 1. The number of amides is 1. The van der Waals surface area contributed by atoms with Crippen LogP contribution in [0.4, 0.5) is 0 Å². The Morgan fingerprint density at radius 2 is 1.67 bits per heavy atom. The smallest absolute Gasteiger partial charge is 0.275 e. The molecule has 4 heteroatoms. The number of carbonyl (C=O) groups is 1. The molecule has 1 heterocycles. The molecule has 0 unspecified atom stereocenters. The van der Waals surface area contributed by atoms with Crippen molar-refractivity contribution < 1.29 is 9.53 Å². The third-order valence-corrected chi connectivity index (χ3v) is 2.97. The standard InChI is InChI=1S/C17H14N2O2/c20-17-15(11-13-7-3-1-4-8-13)18-16(19-17)12-21-14-9-5-2-6-10-14/h1-11H,12H2,(H,18,19,20)/b15-11+. The number of carbonyl (C=O) groups excluding carboxylic acids is 1. The minimum Gasteiger partial charge on any atom is -0.486 e. The van der Waals surface area contributed by atoms with Gasteiger partial charge in [-0.2, -0.15) is 0 Å². The maximum atomic E-state index is 11.9. The molecule has 0 fully saturated rings. The minimum atomic E-state index is -0.203. The maximum Gasteiger partial charge on any atom is 0.275 e. The number of nitrogens with zero attached hydrogens (tertiary/aromatic N) is 1. The fraction of sp³-hybridized carbons (Fsp3) is 0.0588. The monoisotopic (exact) mass is 278 g/mol. The summed E-state index contributed by atoms with van der Waals surface area (Å²) in [5.41, 5.74) is 1.34. The van der Waals surface area contributed by atoms with Gasteiger partial charge in [-0.25, -0.2) is 4.99 Å².